The van der Waals surface area contributed by atoms with Gasteiger partial charge in [0.15, 0.2) is 0 Å². The first-order chi connectivity index (χ1) is 4.77. The molecule has 1 fully saturated rings. The van der Waals surface area contributed by atoms with Crippen LogP contribution in [0.1, 0.15) is 12.8 Å². The summed E-state index contributed by atoms with van der Waals surface area (Å²) in [5.74, 6) is 0.581. The molecule has 0 aromatic heterocycles. The van der Waals surface area contributed by atoms with E-state index in [1.165, 1.54) is 7.11 Å². The number of hydrogen-bond donors (Lipinski definition) is 1. The lowest BCUT2D eigenvalue weighted by Crippen LogP contribution is -2.02. The van der Waals surface area contributed by atoms with Gasteiger partial charge < -0.3 is 9.84 Å². The molecule has 1 aliphatic carbocycles. The fraction of sp³-hybridized carbons (Fsp3) is 0.857. The number of carbonyl (C=O) groups excluding carboxylic acids is 1. The average molecular weight is 144 g/mol. The lowest BCUT2D eigenvalue weighted by atomic mass is 10.2. The average Bonchev–Trinajstić information content (AvgIpc) is 2.67. The minimum Gasteiger partial charge on any atom is -0.469 e. The minimum absolute atomic E-state index is 0.166. The van der Waals surface area contributed by atoms with E-state index in [4.69, 9.17) is 5.11 Å². The number of rotatable bonds is 3. The number of aliphatic hydroxyl groups excluding tert-OH is 1. The molecule has 0 aromatic rings. The van der Waals surface area contributed by atoms with Gasteiger partial charge in [-0.2, -0.15) is 0 Å². The number of methoxy groups -OCH3 is 1. The molecule has 3 nitrogen and oxygen atoms in total. The summed E-state index contributed by atoms with van der Waals surface area (Å²) in [6, 6.07) is 0. The maximum Gasteiger partial charge on any atom is 0.305 e. The summed E-state index contributed by atoms with van der Waals surface area (Å²) in [6.07, 6.45) is 1.45. The van der Waals surface area contributed by atoms with Crippen LogP contribution in [0.3, 0.4) is 0 Å². The lowest BCUT2D eigenvalue weighted by Gasteiger charge is -1.95. The summed E-state index contributed by atoms with van der Waals surface area (Å²) in [6.45, 7) is 0.210. The van der Waals surface area contributed by atoms with Crippen molar-refractivity contribution in [2.45, 2.75) is 12.8 Å². The molecule has 0 aliphatic heterocycles. The van der Waals surface area contributed by atoms with Gasteiger partial charge in [-0.05, 0) is 18.3 Å². The van der Waals surface area contributed by atoms with E-state index in [0.717, 1.165) is 6.42 Å². The van der Waals surface area contributed by atoms with Gasteiger partial charge in [-0.1, -0.05) is 0 Å². The molecule has 2 atom stereocenters. The molecule has 1 saturated carbocycles. The summed E-state index contributed by atoms with van der Waals surface area (Å²) >= 11 is 0. The van der Waals surface area contributed by atoms with Crippen molar-refractivity contribution in [1.82, 2.24) is 0 Å². The van der Waals surface area contributed by atoms with Crippen LogP contribution in [0.5, 0.6) is 0 Å². The topological polar surface area (TPSA) is 46.5 Å². The number of carbonyl (C=O) groups is 1. The first kappa shape index (κ1) is 7.54. The van der Waals surface area contributed by atoms with Gasteiger partial charge in [0.05, 0.1) is 7.11 Å². The van der Waals surface area contributed by atoms with Gasteiger partial charge in [0.2, 0.25) is 0 Å². The molecular formula is C7H12O3. The van der Waals surface area contributed by atoms with E-state index in [2.05, 4.69) is 4.74 Å². The van der Waals surface area contributed by atoms with E-state index in [-0.39, 0.29) is 12.6 Å². The maximum absolute atomic E-state index is 10.6. The van der Waals surface area contributed by atoms with Gasteiger partial charge >= 0.3 is 5.97 Å². The number of ether oxygens (including phenoxy) is 1. The van der Waals surface area contributed by atoms with Gasteiger partial charge in [0, 0.05) is 13.0 Å². The summed E-state index contributed by atoms with van der Waals surface area (Å²) < 4.78 is 4.47. The van der Waals surface area contributed by atoms with Crippen molar-refractivity contribution >= 4 is 5.97 Å². The second-order valence-corrected chi connectivity index (χ2v) is 2.72. The largest absolute Gasteiger partial charge is 0.469 e. The van der Waals surface area contributed by atoms with Crippen LogP contribution >= 0.6 is 0 Å². The van der Waals surface area contributed by atoms with Gasteiger partial charge in [0.25, 0.3) is 0 Å². The van der Waals surface area contributed by atoms with Crippen molar-refractivity contribution in [2.75, 3.05) is 13.7 Å². The quantitative estimate of drug-likeness (QED) is 0.575. The molecule has 10 heavy (non-hydrogen) atoms. The van der Waals surface area contributed by atoms with E-state index in [0.29, 0.717) is 18.3 Å². The van der Waals surface area contributed by atoms with Crippen LogP contribution < -0.4 is 0 Å². The molecule has 0 heterocycles. The zero-order chi connectivity index (χ0) is 7.56. The van der Waals surface area contributed by atoms with Crippen LogP contribution in [-0.2, 0) is 9.53 Å². The molecule has 0 aromatic carbocycles. The van der Waals surface area contributed by atoms with E-state index in [1.54, 1.807) is 0 Å². The fourth-order valence-corrected chi connectivity index (χ4v) is 1.08. The third-order valence-electron chi connectivity index (χ3n) is 1.96. The standard InChI is InChI=1S/C7H12O3/c1-10-7(9)3-5-2-6(5)4-8/h5-6,8H,2-4H2,1H3/t5-,6+/m0/s1. The van der Waals surface area contributed by atoms with Crippen LogP contribution in [-0.4, -0.2) is 24.8 Å². The Morgan fingerprint density at radius 1 is 1.70 bits per heavy atom. The van der Waals surface area contributed by atoms with Crippen molar-refractivity contribution in [3.63, 3.8) is 0 Å². The predicted octanol–water partition coefficient (Wildman–Crippen LogP) is 0.178. The van der Waals surface area contributed by atoms with Crippen molar-refractivity contribution in [3.8, 4) is 0 Å². The number of hydrogen-bond acceptors (Lipinski definition) is 3. The Balaban J connectivity index is 2.11. The minimum atomic E-state index is -0.166. The molecule has 1 N–H and O–H groups in total. The second-order valence-electron chi connectivity index (χ2n) is 2.72. The van der Waals surface area contributed by atoms with Crippen molar-refractivity contribution in [3.05, 3.63) is 0 Å². The van der Waals surface area contributed by atoms with E-state index in [9.17, 15) is 4.79 Å². The van der Waals surface area contributed by atoms with Crippen molar-refractivity contribution in [1.29, 1.82) is 0 Å². The monoisotopic (exact) mass is 144 g/mol. The van der Waals surface area contributed by atoms with Crippen LogP contribution in [0, 0.1) is 11.8 Å². The molecule has 0 bridgehead atoms. The van der Waals surface area contributed by atoms with Crippen LogP contribution in [0.2, 0.25) is 0 Å². The second kappa shape index (κ2) is 3.01. The SMILES string of the molecule is COC(=O)C[C@@H]1C[C@@H]1CO. The van der Waals surface area contributed by atoms with E-state index in [1.807, 2.05) is 0 Å². The zero-order valence-electron chi connectivity index (χ0n) is 6.04. The highest BCUT2D eigenvalue weighted by Crippen LogP contribution is 2.40. The molecule has 0 unspecified atom stereocenters. The summed E-state index contributed by atoms with van der Waals surface area (Å²) in [4.78, 5) is 10.6. The first-order valence-corrected chi connectivity index (χ1v) is 3.45. The third-order valence-corrected chi connectivity index (χ3v) is 1.96. The number of esters is 1. The van der Waals surface area contributed by atoms with Gasteiger partial charge in [0.1, 0.15) is 0 Å². The van der Waals surface area contributed by atoms with E-state index >= 15 is 0 Å². The fourth-order valence-electron chi connectivity index (χ4n) is 1.08. The van der Waals surface area contributed by atoms with Gasteiger partial charge in [-0.3, -0.25) is 4.79 Å². The third kappa shape index (κ3) is 1.70. The molecule has 0 radical (unpaired) electrons. The Bertz CT molecular complexity index is 133. The van der Waals surface area contributed by atoms with Gasteiger partial charge in [-0.25, -0.2) is 0 Å². The van der Waals surface area contributed by atoms with Crippen LogP contribution in [0.15, 0.2) is 0 Å². The summed E-state index contributed by atoms with van der Waals surface area (Å²) in [5.41, 5.74) is 0. The highest BCUT2D eigenvalue weighted by atomic mass is 16.5. The Hall–Kier alpha value is -0.570. The number of aliphatic hydroxyl groups is 1. The van der Waals surface area contributed by atoms with Crippen molar-refractivity contribution in [2.24, 2.45) is 11.8 Å². The molecular weight excluding hydrogens is 132 g/mol. The normalized spacial score (nSPS) is 29.8. The highest BCUT2D eigenvalue weighted by molar-refractivity contribution is 5.69. The smallest absolute Gasteiger partial charge is 0.305 e. The molecule has 58 valence electrons. The Kier molecular flexibility index (Phi) is 2.27. The molecule has 3 heteroatoms. The van der Waals surface area contributed by atoms with E-state index < -0.39 is 0 Å². The molecule has 0 amide bonds. The van der Waals surface area contributed by atoms with Gasteiger partial charge in [-0.15, -0.1) is 0 Å². The Labute approximate surface area is 60.0 Å². The zero-order valence-corrected chi connectivity index (χ0v) is 6.04. The molecule has 1 rings (SSSR count). The Morgan fingerprint density at radius 2 is 2.40 bits per heavy atom. The maximum atomic E-state index is 10.6. The lowest BCUT2D eigenvalue weighted by molar-refractivity contribution is -0.141. The Morgan fingerprint density at radius 3 is 2.80 bits per heavy atom. The molecule has 0 spiro atoms. The molecule has 0 saturated heterocycles. The summed E-state index contributed by atoms with van der Waals surface area (Å²) in [7, 11) is 1.39. The first-order valence-electron chi connectivity index (χ1n) is 3.45. The van der Waals surface area contributed by atoms with Crippen LogP contribution in [0.4, 0.5) is 0 Å². The van der Waals surface area contributed by atoms with Crippen molar-refractivity contribution < 1.29 is 14.6 Å². The summed E-state index contributed by atoms with van der Waals surface area (Å²) in [5, 5.41) is 8.61. The molecule has 1 aliphatic rings. The highest BCUT2D eigenvalue weighted by Gasteiger charge is 2.37. The predicted molar refractivity (Wildman–Crippen MR) is 35.3 cm³/mol. The van der Waals surface area contributed by atoms with Crippen LogP contribution in [0.25, 0.3) is 0 Å².